The first-order valence-electron chi connectivity index (χ1n) is 9.01. The number of halogens is 3. The van der Waals surface area contributed by atoms with E-state index in [0.29, 0.717) is 17.9 Å². The molecule has 3 rings (SSSR count). The van der Waals surface area contributed by atoms with Crippen LogP contribution in [0, 0.1) is 11.3 Å². The van der Waals surface area contributed by atoms with Crippen LogP contribution in [0.4, 0.5) is 10.5 Å². The van der Waals surface area contributed by atoms with Gasteiger partial charge in [0.25, 0.3) is 5.91 Å². The van der Waals surface area contributed by atoms with Gasteiger partial charge in [-0.15, -0.1) is 0 Å². The third-order valence-corrected chi connectivity index (χ3v) is 6.01. The van der Waals surface area contributed by atoms with Gasteiger partial charge in [0, 0.05) is 5.02 Å². The van der Waals surface area contributed by atoms with Crippen molar-refractivity contribution in [3.8, 4) is 0 Å². The van der Waals surface area contributed by atoms with Gasteiger partial charge in [0.2, 0.25) is 5.91 Å². The monoisotopic (exact) mass is 445 g/mol. The Labute approximate surface area is 178 Å². The molecule has 1 aromatic carbocycles. The number of hydrogen-bond donors (Lipinski definition) is 2. The minimum Gasteiger partial charge on any atom is -0.323 e. The molecule has 1 aliphatic heterocycles. The molecule has 9 heteroatoms. The minimum atomic E-state index is -0.950. The number of carbonyl (C=O) groups excluding carboxylic acids is 3. The van der Waals surface area contributed by atoms with E-state index < -0.39 is 24.0 Å². The Morgan fingerprint density at radius 2 is 1.82 bits per heavy atom. The average molecular weight is 447 g/mol. The number of urea groups is 1. The van der Waals surface area contributed by atoms with Gasteiger partial charge in [-0.05, 0) is 42.7 Å². The van der Waals surface area contributed by atoms with Gasteiger partial charge in [0.15, 0.2) is 0 Å². The summed E-state index contributed by atoms with van der Waals surface area (Å²) in [6, 6.07) is 2.33. The zero-order valence-corrected chi connectivity index (χ0v) is 18.1. The van der Waals surface area contributed by atoms with E-state index in [1.807, 2.05) is 0 Å². The third kappa shape index (κ3) is 4.09. The average Bonchev–Trinajstić information content (AvgIpc) is 2.72. The lowest BCUT2D eigenvalue weighted by molar-refractivity contribution is -0.136. The number of hydrogen-bond acceptors (Lipinski definition) is 3. The molecule has 2 atom stereocenters. The molecule has 6 nitrogen and oxygen atoms in total. The molecule has 4 amide bonds. The lowest BCUT2D eigenvalue weighted by Crippen LogP contribution is -2.54. The van der Waals surface area contributed by atoms with Crippen molar-refractivity contribution in [3.05, 3.63) is 27.2 Å². The minimum absolute atomic E-state index is 0.0801. The van der Waals surface area contributed by atoms with Crippen LogP contribution in [0.15, 0.2) is 12.1 Å². The van der Waals surface area contributed by atoms with E-state index in [4.69, 9.17) is 34.8 Å². The van der Waals surface area contributed by atoms with Crippen molar-refractivity contribution in [1.29, 1.82) is 0 Å². The van der Waals surface area contributed by atoms with Crippen molar-refractivity contribution in [3.63, 3.8) is 0 Å². The van der Waals surface area contributed by atoms with E-state index in [2.05, 4.69) is 31.4 Å². The molecule has 2 aliphatic rings. The topological polar surface area (TPSA) is 78.5 Å². The zero-order chi connectivity index (χ0) is 20.9. The van der Waals surface area contributed by atoms with Crippen LogP contribution in [0.5, 0.6) is 0 Å². The van der Waals surface area contributed by atoms with Crippen molar-refractivity contribution >= 4 is 58.3 Å². The Balaban J connectivity index is 1.75. The highest BCUT2D eigenvalue weighted by Crippen LogP contribution is 2.46. The van der Waals surface area contributed by atoms with Gasteiger partial charge in [-0.25, -0.2) is 4.79 Å². The molecule has 1 spiro atoms. The summed E-state index contributed by atoms with van der Waals surface area (Å²) in [6.45, 7) is 5.83. The first kappa shape index (κ1) is 21.2. The summed E-state index contributed by atoms with van der Waals surface area (Å²) in [5.41, 5.74) is -0.843. The van der Waals surface area contributed by atoms with E-state index in [0.717, 1.165) is 11.3 Å². The fourth-order valence-electron chi connectivity index (χ4n) is 4.63. The normalized spacial score (nSPS) is 26.5. The molecule has 1 aromatic rings. The molecule has 0 bridgehead atoms. The van der Waals surface area contributed by atoms with Crippen LogP contribution >= 0.6 is 34.8 Å². The Hall–Kier alpha value is -1.50. The van der Waals surface area contributed by atoms with Crippen LogP contribution in [0.3, 0.4) is 0 Å². The van der Waals surface area contributed by atoms with E-state index >= 15 is 0 Å². The molecule has 0 aromatic heterocycles. The van der Waals surface area contributed by atoms with Gasteiger partial charge >= 0.3 is 6.03 Å². The highest BCUT2D eigenvalue weighted by Gasteiger charge is 2.56. The summed E-state index contributed by atoms with van der Waals surface area (Å²) in [4.78, 5) is 39.0. The quantitative estimate of drug-likeness (QED) is 0.659. The van der Waals surface area contributed by atoms with Crippen molar-refractivity contribution in [2.75, 3.05) is 11.9 Å². The molecule has 1 saturated carbocycles. The molecule has 1 saturated heterocycles. The number of benzene rings is 1. The highest BCUT2D eigenvalue weighted by atomic mass is 35.5. The zero-order valence-electron chi connectivity index (χ0n) is 15.9. The van der Waals surface area contributed by atoms with Crippen LogP contribution in [0.1, 0.15) is 40.0 Å². The lowest BCUT2D eigenvalue weighted by atomic mass is 9.64. The lowest BCUT2D eigenvalue weighted by Gasteiger charge is -2.43. The maximum Gasteiger partial charge on any atom is 0.325 e. The summed E-state index contributed by atoms with van der Waals surface area (Å²) >= 11 is 18.0. The number of rotatable bonds is 3. The van der Waals surface area contributed by atoms with Crippen LogP contribution < -0.4 is 10.6 Å². The largest absolute Gasteiger partial charge is 0.325 e. The van der Waals surface area contributed by atoms with Gasteiger partial charge < -0.3 is 10.6 Å². The van der Waals surface area contributed by atoms with E-state index in [9.17, 15) is 14.4 Å². The summed E-state index contributed by atoms with van der Waals surface area (Å²) in [5, 5.41) is 6.07. The van der Waals surface area contributed by atoms with Gasteiger partial charge in [-0.2, -0.15) is 0 Å². The van der Waals surface area contributed by atoms with Gasteiger partial charge in [0.1, 0.15) is 12.1 Å². The fraction of sp³-hybridized carbons (Fsp3) is 0.526. The van der Waals surface area contributed by atoms with Crippen LogP contribution in [-0.4, -0.2) is 34.8 Å². The molecule has 28 heavy (non-hydrogen) atoms. The summed E-state index contributed by atoms with van der Waals surface area (Å²) < 4.78 is 0. The van der Waals surface area contributed by atoms with Crippen LogP contribution in [0.2, 0.25) is 15.1 Å². The third-order valence-electron chi connectivity index (χ3n) is 5.20. The standard InChI is InChI=1S/C19H22Cl3N3O3/c1-10-6-18(2,3)9-19(7-10)16(27)25(17(28)24-19)8-14(26)23-15-12(21)4-11(20)5-13(15)22/h4-5,10H,6-9H2,1-3H3,(H,23,26)(H,24,28). The molecular weight excluding hydrogens is 425 g/mol. The molecule has 2 fully saturated rings. The smallest absolute Gasteiger partial charge is 0.323 e. The second-order valence-electron chi connectivity index (χ2n) is 8.55. The van der Waals surface area contributed by atoms with Gasteiger partial charge in [-0.3, -0.25) is 14.5 Å². The molecule has 2 N–H and O–H groups in total. The first-order valence-corrected chi connectivity index (χ1v) is 10.1. The van der Waals surface area contributed by atoms with Crippen molar-refractivity contribution in [2.45, 2.75) is 45.6 Å². The molecular formula is C19H22Cl3N3O3. The summed E-state index contributed by atoms with van der Waals surface area (Å²) in [5.74, 6) is -0.649. The second kappa shape index (κ2) is 7.39. The Morgan fingerprint density at radius 1 is 1.21 bits per heavy atom. The number of amides is 4. The number of imide groups is 1. The number of carbonyl (C=O) groups is 3. The van der Waals surface area contributed by atoms with Crippen molar-refractivity contribution in [1.82, 2.24) is 10.2 Å². The number of nitrogens with zero attached hydrogens (tertiary/aromatic N) is 1. The highest BCUT2D eigenvalue weighted by molar-refractivity contribution is 6.42. The van der Waals surface area contributed by atoms with Crippen LogP contribution in [0.25, 0.3) is 0 Å². The molecule has 2 unspecified atom stereocenters. The SMILES string of the molecule is CC1CC(C)(C)CC2(C1)NC(=O)N(CC(=O)Nc1c(Cl)cc(Cl)cc1Cl)C2=O. The Morgan fingerprint density at radius 3 is 2.39 bits per heavy atom. The van der Waals surface area contributed by atoms with E-state index in [-0.39, 0.29) is 33.0 Å². The summed E-state index contributed by atoms with van der Waals surface area (Å²) in [7, 11) is 0. The van der Waals surface area contributed by atoms with Gasteiger partial charge in [0.05, 0.1) is 15.7 Å². The maximum atomic E-state index is 13.1. The molecule has 1 heterocycles. The Bertz CT molecular complexity index is 835. The first-order chi connectivity index (χ1) is 12.9. The number of anilines is 1. The van der Waals surface area contributed by atoms with Crippen LogP contribution in [-0.2, 0) is 9.59 Å². The Kier molecular flexibility index (Phi) is 5.60. The van der Waals surface area contributed by atoms with Gasteiger partial charge in [-0.1, -0.05) is 55.6 Å². The van der Waals surface area contributed by atoms with E-state index in [1.54, 1.807) is 0 Å². The summed E-state index contributed by atoms with van der Waals surface area (Å²) in [6.07, 6.45) is 2.09. The van der Waals surface area contributed by atoms with Crippen molar-refractivity contribution in [2.24, 2.45) is 11.3 Å². The number of nitrogens with one attached hydrogen (secondary N) is 2. The molecule has 1 aliphatic carbocycles. The van der Waals surface area contributed by atoms with E-state index in [1.165, 1.54) is 12.1 Å². The predicted molar refractivity (Wildman–Crippen MR) is 110 cm³/mol. The molecule has 152 valence electrons. The van der Waals surface area contributed by atoms with Crippen molar-refractivity contribution < 1.29 is 14.4 Å². The fourth-order valence-corrected chi connectivity index (χ4v) is 5.55. The second-order valence-corrected chi connectivity index (χ2v) is 9.80. The predicted octanol–water partition coefficient (Wildman–Crippen LogP) is 4.72. The molecule has 0 radical (unpaired) electrons. The maximum absolute atomic E-state index is 13.1.